The number of likely N-dealkylation sites (N-methyl/N-ethyl adjacent to an activating group) is 1. The van der Waals surface area contributed by atoms with Gasteiger partial charge in [0.15, 0.2) is 0 Å². The summed E-state index contributed by atoms with van der Waals surface area (Å²) in [5, 5.41) is 0. The first-order chi connectivity index (χ1) is 19.3. The van der Waals surface area contributed by atoms with Gasteiger partial charge in [-0.3, -0.25) is 9.59 Å². The molecule has 1 fully saturated rings. The third-order valence-corrected chi connectivity index (χ3v) is 8.56. The van der Waals surface area contributed by atoms with E-state index in [2.05, 4.69) is 61.7 Å². The Morgan fingerprint density at radius 2 is 1.55 bits per heavy atom. The second-order valence-electron chi connectivity index (χ2n) is 11.3. The largest absolute Gasteiger partial charge is 0.336 e. The molecule has 0 aliphatic carbocycles. The summed E-state index contributed by atoms with van der Waals surface area (Å²) in [6, 6.07) is 26.7. The van der Waals surface area contributed by atoms with Gasteiger partial charge in [-0.15, -0.1) is 0 Å². The molecule has 1 atom stereocenters. The first kappa shape index (κ1) is 26.1. The molecule has 2 aliphatic rings. The van der Waals surface area contributed by atoms with Crippen LogP contribution < -0.4 is 4.90 Å². The highest BCUT2D eigenvalue weighted by molar-refractivity contribution is 6.07. The Hall–Kier alpha value is -4.16. The predicted octanol–water partition coefficient (Wildman–Crippen LogP) is 5.76. The van der Waals surface area contributed by atoms with Gasteiger partial charge in [-0.05, 0) is 92.5 Å². The van der Waals surface area contributed by atoms with Gasteiger partial charge < -0.3 is 19.3 Å². The summed E-state index contributed by atoms with van der Waals surface area (Å²) in [6.45, 7) is 6.64. The van der Waals surface area contributed by atoms with E-state index < -0.39 is 0 Å². The lowest BCUT2D eigenvalue weighted by Gasteiger charge is -2.23. The molecule has 2 aliphatic heterocycles. The normalized spacial score (nSPS) is 16.6. The molecule has 6 rings (SSSR count). The third kappa shape index (κ3) is 4.62. The molecule has 6 nitrogen and oxygen atoms in total. The van der Waals surface area contributed by atoms with Crippen molar-refractivity contribution in [1.82, 2.24) is 14.4 Å². The standard InChI is InChI=1S/C34H36N4O2/c1-23-9-5-7-11-29(23)30-15-13-25(19-24(30)2)33(39)38-22-28-14-16-32(34(40)36-18-17-27(21-36)35(3)4)37(28)20-26-10-6-8-12-31(26)38/h5-16,19,27H,17-18,20-22H2,1-4H3/t27-/m1/s1. The van der Waals surface area contributed by atoms with Gasteiger partial charge in [-0.25, -0.2) is 0 Å². The van der Waals surface area contributed by atoms with Gasteiger partial charge in [-0.2, -0.15) is 0 Å². The highest BCUT2D eigenvalue weighted by Gasteiger charge is 2.32. The Morgan fingerprint density at radius 3 is 2.30 bits per heavy atom. The van der Waals surface area contributed by atoms with Crippen molar-refractivity contribution in [3.8, 4) is 11.1 Å². The van der Waals surface area contributed by atoms with Crippen molar-refractivity contribution in [3.05, 3.63) is 113 Å². The maximum Gasteiger partial charge on any atom is 0.270 e. The molecule has 0 N–H and O–H groups in total. The number of aromatic nitrogens is 1. The average Bonchev–Trinajstić information content (AvgIpc) is 3.57. The molecular weight excluding hydrogens is 496 g/mol. The molecule has 6 heteroatoms. The molecule has 1 aromatic heterocycles. The SMILES string of the molecule is Cc1ccccc1-c1ccc(C(=O)N2Cc3ccc(C(=O)N4CC[C@@H](N(C)C)C4)n3Cc3ccccc32)cc1C. The van der Waals surface area contributed by atoms with Crippen molar-refractivity contribution in [2.75, 3.05) is 32.1 Å². The number of fused-ring (bicyclic) bond motifs is 2. The first-order valence-electron chi connectivity index (χ1n) is 14.0. The number of hydrogen-bond acceptors (Lipinski definition) is 3. The lowest BCUT2D eigenvalue weighted by molar-refractivity contribution is 0.0772. The van der Waals surface area contributed by atoms with Crippen molar-refractivity contribution < 1.29 is 9.59 Å². The van der Waals surface area contributed by atoms with E-state index in [0.717, 1.165) is 47.6 Å². The quantitative estimate of drug-likeness (QED) is 0.336. The second kappa shape index (κ2) is 10.4. The highest BCUT2D eigenvalue weighted by Crippen LogP contribution is 2.32. The molecule has 1 saturated heterocycles. The van der Waals surface area contributed by atoms with Crippen molar-refractivity contribution in [2.24, 2.45) is 0 Å². The fourth-order valence-corrected chi connectivity index (χ4v) is 6.17. The Morgan fingerprint density at radius 1 is 0.800 bits per heavy atom. The van der Waals surface area contributed by atoms with Gasteiger partial charge in [0.05, 0.1) is 13.1 Å². The minimum Gasteiger partial charge on any atom is -0.336 e. The van der Waals surface area contributed by atoms with Crippen LogP contribution in [-0.2, 0) is 13.1 Å². The summed E-state index contributed by atoms with van der Waals surface area (Å²) in [5.41, 5.74) is 8.84. The molecule has 0 radical (unpaired) electrons. The van der Waals surface area contributed by atoms with E-state index in [9.17, 15) is 9.59 Å². The minimum absolute atomic E-state index is 0.0391. The van der Waals surface area contributed by atoms with Crippen LogP contribution in [0.3, 0.4) is 0 Å². The fraction of sp³-hybridized carbons (Fsp3) is 0.294. The summed E-state index contributed by atoms with van der Waals surface area (Å²) in [5.74, 6) is 0.0260. The number of likely N-dealkylation sites (tertiary alicyclic amines) is 1. The van der Waals surface area contributed by atoms with Crippen LogP contribution in [0.15, 0.2) is 78.9 Å². The lowest BCUT2D eigenvalue weighted by atomic mass is 9.95. The monoisotopic (exact) mass is 532 g/mol. The van der Waals surface area contributed by atoms with Crippen molar-refractivity contribution >= 4 is 17.5 Å². The molecule has 40 heavy (non-hydrogen) atoms. The number of benzene rings is 3. The molecule has 204 valence electrons. The Kier molecular flexibility index (Phi) is 6.80. The second-order valence-corrected chi connectivity index (χ2v) is 11.3. The molecule has 0 spiro atoms. The number of carbonyl (C=O) groups is 2. The van der Waals surface area contributed by atoms with E-state index in [-0.39, 0.29) is 11.8 Å². The summed E-state index contributed by atoms with van der Waals surface area (Å²) in [4.78, 5) is 33.7. The van der Waals surface area contributed by atoms with Gasteiger partial charge >= 0.3 is 0 Å². The molecule has 0 bridgehead atoms. The lowest BCUT2D eigenvalue weighted by Crippen LogP contribution is -2.35. The maximum absolute atomic E-state index is 14.1. The first-order valence-corrected chi connectivity index (χ1v) is 14.0. The summed E-state index contributed by atoms with van der Waals surface area (Å²) in [6.07, 6.45) is 0.986. The fourth-order valence-electron chi connectivity index (χ4n) is 6.17. The zero-order chi connectivity index (χ0) is 28.0. The number of hydrogen-bond donors (Lipinski definition) is 0. The highest BCUT2D eigenvalue weighted by atomic mass is 16.2. The van der Waals surface area contributed by atoms with Crippen LogP contribution in [0.5, 0.6) is 0 Å². The van der Waals surface area contributed by atoms with E-state index >= 15 is 0 Å². The van der Waals surface area contributed by atoms with Gasteiger partial charge in [0, 0.05) is 36.1 Å². The van der Waals surface area contributed by atoms with Crippen LogP contribution >= 0.6 is 0 Å². The third-order valence-electron chi connectivity index (χ3n) is 8.56. The van der Waals surface area contributed by atoms with Gasteiger partial charge in [0.25, 0.3) is 11.8 Å². The molecule has 4 aromatic rings. The number of nitrogens with zero attached hydrogens (tertiary/aromatic N) is 4. The molecular formula is C34H36N4O2. The summed E-state index contributed by atoms with van der Waals surface area (Å²) in [7, 11) is 4.14. The van der Waals surface area contributed by atoms with E-state index in [4.69, 9.17) is 0 Å². The van der Waals surface area contributed by atoms with Crippen molar-refractivity contribution in [3.63, 3.8) is 0 Å². The topological polar surface area (TPSA) is 48.8 Å². The van der Waals surface area contributed by atoms with E-state index in [1.54, 1.807) is 0 Å². The number of aryl methyl sites for hydroxylation is 2. The summed E-state index contributed by atoms with van der Waals surface area (Å²) < 4.78 is 2.10. The van der Waals surface area contributed by atoms with Crippen molar-refractivity contribution in [2.45, 2.75) is 39.4 Å². The molecule has 3 heterocycles. The Labute approximate surface area is 236 Å². The van der Waals surface area contributed by atoms with Crippen LogP contribution in [-0.4, -0.2) is 59.4 Å². The number of para-hydroxylation sites is 1. The molecule has 3 aromatic carbocycles. The Balaban J connectivity index is 1.32. The summed E-state index contributed by atoms with van der Waals surface area (Å²) >= 11 is 0. The van der Waals surface area contributed by atoms with Crippen LogP contribution in [0, 0.1) is 13.8 Å². The van der Waals surface area contributed by atoms with Gasteiger partial charge in [0.1, 0.15) is 5.69 Å². The smallest absolute Gasteiger partial charge is 0.270 e. The van der Waals surface area contributed by atoms with Crippen LogP contribution in [0.4, 0.5) is 5.69 Å². The predicted molar refractivity (Wildman–Crippen MR) is 160 cm³/mol. The van der Waals surface area contributed by atoms with E-state index in [1.807, 2.05) is 64.4 Å². The molecule has 0 saturated carbocycles. The van der Waals surface area contributed by atoms with Crippen LogP contribution in [0.2, 0.25) is 0 Å². The number of carbonyl (C=O) groups excluding carboxylic acids is 2. The number of amides is 2. The van der Waals surface area contributed by atoms with E-state index in [0.29, 0.717) is 30.4 Å². The van der Waals surface area contributed by atoms with Gasteiger partial charge in [-0.1, -0.05) is 48.5 Å². The molecule has 0 unspecified atom stereocenters. The zero-order valence-electron chi connectivity index (χ0n) is 23.7. The minimum atomic E-state index is -0.0391. The average molecular weight is 533 g/mol. The molecule has 2 amide bonds. The van der Waals surface area contributed by atoms with Crippen LogP contribution in [0.1, 0.15) is 49.7 Å². The zero-order valence-corrected chi connectivity index (χ0v) is 23.7. The maximum atomic E-state index is 14.1. The van der Waals surface area contributed by atoms with Crippen LogP contribution in [0.25, 0.3) is 11.1 Å². The number of anilines is 1. The number of rotatable bonds is 4. The Bertz CT molecular complexity index is 1600. The van der Waals surface area contributed by atoms with Gasteiger partial charge in [0.2, 0.25) is 0 Å². The van der Waals surface area contributed by atoms with E-state index in [1.165, 1.54) is 11.1 Å². The van der Waals surface area contributed by atoms with Crippen molar-refractivity contribution in [1.29, 1.82) is 0 Å².